The molecule has 0 radical (unpaired) electrons. The number of carbonyl (C=O) groups is 1. The van der Waals surface area contributed by atoms with E-state index in [0.717, 1.165) is 17.8 Å². The Hall–Kier alpha value is -3.20. The van der Waals surface area contributed by atoms with E-state index in [1.807, 2.05) is 6.07 Å². The smallest absolute Gasteiger partial charge is 0.416 e. The Labute approximate surface area is 188 Å². The van der Waals surface area contributed by atoms with Crippen molar-refractivity contribution >= 4 is 28.8 Å². The number of thioether (sulfide) groups is 1. The number of ether oxygens (including phenoxy) is 1. The van der Waals surface area contributed by atoms with Gasteiger partial charge < -0.3 is 9.30 Å². The number of aromatic nitrogens is 2. The van der Waals surface area contributed by atoms with Crippen LogP contribution in [0.4, 0.5) is 26.3 Å². The molecule has 0 spiro atoms. The van der Waals surface area contributed by atoms with E-state index < -0.39 is 41.6 Å². The van der Waals surface area contributed by atoms with Crippen LogP contribution in [0.2, 0.25) is 0 Å². The lowest BCUT2D eigenvalue weighted by Crippen LogP contribution is -2.15. The molecule has 0 fully saturated rings. The summed E-state index contributed by atoms with van der Waals surface area (Å²) in [5.74, 6) is -0.378. The zero-order valence-electron chi connectivity index (χ0n) is 16.9. The summed E-state index contributed by atoms with van der Waals surface area (Å²) >= 11 is 1.11. The fraction of sp³-hybridized carbons (Fsp3) is 0.286. The Kier molecular flexibility index (Phi) is 6.92. The highest BCUT2D eigenvalue weighted by molar-refractivity contribution is 7.99. The lowest BCUT2D eigenvalue weighted by Gasteiger charge is -2.17. The monoisotopic (exact) mass is 487 g/mol. The van der Waals surface area contributed by atoms with Gasteiger partial charge in [0.05, 0.1) is 47.4 Å². The first-order chi connectivity index (χ1) is 15.5. The fourth-order valence-corrected chi connectivity index (χ4v) is 3.98. The molecule has 0 aliphatic heterocycles. The molecule has 3 aromatic rings. The molecule has 3 rings (SSSR count). The number of methoxy groups -OCH3 is 1. The normalized spacial score (nSPS) is 12.1. The molecule has 0 aliphatic rings. The molecule has 0 saturated carbocycles. The molecule has 1 heterocycles. The second-order valence-corrected chi connectivity index (χ2v) is 7.86. The molecule has 0 amide bonds. The number of hydrogen-bond donors (Lipinski definition) is 0. The standard InChI is InChI=1S/C21H15F6N3O2S/c1-32-18(31)12-4-6-16-17(9-12)30(19(29-16)33-8-2-7-28)11-13-3-5-14(20(22,23)24)10-15(13)21(25,26)27/h3-6,9-10H,2,8,11H2,1H3. The van der Waals surface area contributed by atoms with Gasteiger partial charge in [-0.15, -0.1) is 0 Å². The van der Waals surface area contributed by atoms with Crippen molar-refractivity contribution in [3.05, 3.63) is 58.7 Å². The fourth-order valence-electron chi connectivity index (χ4n) is 3.12. The molecule has 12 heteroatoms. The van der Waals surface area contributed by atoms with Crippen molar-refractivity contribution in [2.45, 2.75) is 30.5 Å². The van der Waals surface area contributed by atoms with Gasteiger partial charge in [-0.1, -0.05) is 17.8 Å². The molecule has 0 atom stereocenters. The van der Waals surface area contributed by atoms with Crippen molar-refractivity contribution in [1.29, 1.82) is 5.26 Å². The van der Waals surface area contributed by atoms with Gasteiger partial charge >= 0.3 is 18.3 Å². The summed E-state index contributed by atoms with van der Waals surface area (Å²) in [6.45, 7) is -0.455. The topological polar surface area (TPSA) is 67.9 Å². The van der Waals surface area contributed by atoms with Crippen molar-refractivity contribution in [2.75, 3.05) is 12.9 Å². The largest absolute Gasteiger partial charge is 0.465 e. The van der Waals surface area contributed by atoms with Crippen LogP contribution < -0.4 is 0 Å². The number of hydrogen-bond acceptors (Lipinski definition) is 5. The maximum Gasteiger partial charge on any atom is 0.416 e. The molecular formula is C21H15F6N3O2S. The molecule has 0 N–H and O–H groups in total. The van der Waals surface area contributed by atoms with E-state index in [9.17, 15) is 31.1 Å². The first kappa shape index (κ1) is 24.4. The average molecular weight is 487 g/mol. The maximum atomic E-state index is 13.6. The Morgan fingerprint density at radius 1 is 1.12 bits per heavy atom. The molecule has 5 nitrogen and oxygen atoms in total. The molecule has 33 heavy (non-hydrogen) atoms. The first-order valence-corrected chi connectivity index (χ1v) is 10.3. The molecular weight excluding hydrogens is 472 g/mol. The predicted molar refractivity (Wildman–Crippen MR) is 108 cm³/mol. The quantitative estimate of drug-likeness (QED) is 0.187. The SMILES string of the molecule is COC(=O)c1ccc2nc(SCCC#N)n(Cc3ccc(C(F)(F)F)cc3C(F)(F)F)c2c1. The zero-order valence-corrected chi connectivity index (χ0v) is 17.7. The van der Waals surface area contributed by atoms with Crippen LogP contribution in [0.3, 0.4) is 0 Å². The van der Waals surface area contributed by atoms with Crippen LogP contribution in [0.1, 0.15) is 33.5 Å². The van der Waals surface area contributed by atoms with Crippen LogP contribution in [-0.2, 0) is 23.6 Å². The Morgan fingerprint density at radius 3 is 2.45 bits per heavy atom. The van der Waals surface area contributed by atoms with Gasteiger partial charge in [0, 0.05) is 12.2 Å². The zero-order chi connectivity index (χ0) is 24.4. The second-order valence-electron chi connectivity index (χ2n) is 6.80. The third kappa shape index (κ3) is 5.42. The second kappa shape index (κ2) is 9.35. The van der Waals surface area contributed by atoms with Crippen molar-refractivity contribution in [2.24, 2.45) is 0 Å². The van der Waals surface area contributed by atoms with Gasteiger partial charge in [0.2, 0.25) is 0 Å². The number of benzene rings is 2. The minimum absolute atomic E-state index is 0.0802. The van der Waals surface area contributed by atoms with Crippen molar-refractivity contribution in [3.63, 3.8) is 0 Å². The van der Waals surface area contributed by atoms with Gasteiger partial charge in [-0.2, -0.15) is 31.6 Å². The average Bonchev–Trinajstić information content (AvgIpc) is 3.08. The minimum Gasteiger partial charge on any atom is -0.465 e. The number of carbonyl (C=O) groups excluding carboxylic acids is 1. The van der Waals surface area contributed by atoms with Gasteiger partial charge in [-0.25, -0.2) is 9.78 Å². The van der Waals surface area contributed by atoms with Crippen molar-refractivity contribution < 1.29 is 35.9 Å². The molecule has 0 unspecified atom stereocenters. The van der Waals surface area contributed by atoms with E-state index in [-0.39, 0.29) is 23.2 Å². The van der Waals surface area contributed by atoms with E-state index in [1.54, 1.807) is 0 Å². The van der Waals surface area contributed by atoms with Crippen LogP contribution in [0, 0.1) is 11.3 Å². The number of esters is 1. The molecule has 0 saturated heterocycles. The highest BCUT2D eigenvalue weighted by Gasteiger charge is 2.38. The van der Waals surface area contributed by atoms with Gasteiger partial charge in [0.25, 0.3) is 0 Å². The third-order valence-corrected chi connectivity index (χ3v) is 5.63. The molecule has 174 valence electrons. The number of fused-ring (bicyclic) bond motifs is 1. The van der Waals surface area contributed by atoms with Crippen LogP contribution in [0.5, 0.6) is 0 Å². The Balaban J connectivity index is 2.16. The van der Waals surface area contributed by atoms with Gasteiger partial charge in [-0.3, -0.25) is 0 Å². The van der Waals surface area contributed by atoms with Gasteiger partial charge in [-0.05, 0) is 35.9 Å². The summed E-state index contributed by atoms with van der Waals surface area (Å²) in [5, 5.41) is 9.03. The van der Waals surface area contributed by atoms with E-state index >= 15 is 0 Å². The minimum atomic E-state index is -5.03. The first-order valence-electron chi connectivity index (χ1n) is 9.31. The van der Waals surface area contributed by atoms with Crippen LogP contribution in [0.15, 0.2) is 41.6 Å². The van der Waals surface area contributed by atoms with E-state index in [1.165, 1.54) is 29.9 Å². The number of nitrogens with zero attached hydrogens (tertiary/aromatic N) is 3. The highest BCUT2D eigenvalue weighted by Crippen LogP contribution is 2.38. The molecule has 2 aromatic carbocycles. The number of rotatable bonds is 6. The third-order valence-electron chi connectivity index (χ3n) is 4.65. The highest BCUT2D eigenvalue weighted by atomic mass is 32.2. The summed E-state index contributed by atoms with van der Waals surface area (Å²) in [5.41, 5.74) is -2.45. The molecule has 1 aromatic heterocycles. The van der Waals surface area contributed by atoms with Crippen LogP contribution >= 0.6 is 11.8 Å². The number of nitriles is 1. The lowest BCUT2D eigenvalue weighted by atomic mass is 10.0. The number of halogens is 6. The Bertz CT molecular complexity index is 1230. The van der Waals surface area contributed by atoms with E-state index in [2.05, 4.69) is 9.72 Å². The lowest BCUT2D eigenvalue weighted by molar-refractivity contribution is -0.143. The van der Waals surface area contributed by atoms with Gasteiger partial charge in [0.1, 0.15) is 0 Å². The van der Waals surface area contributed by atoms with E-state index in [4.69, 9.17) is 5.26 Å². The van der Waals surface area contributed by atoms with Crippen molar-refractivity contribution in [3.8, 4) is 6.07 Å². The summed E-state index contributed by atoms with van der Waals surface area (Å²) in [6.07, 6.45) is -9.82. The summed E-state index contributed by atoms with van der Waals surface area (Å²) in [7, 11) is 1.17. The predicted octanol–water partition coefficient (Wildman–Crippen LogP) is 5.91. The number of imidazole rings is 1. The summed E-state index contributed by atoms with van der Waals surface area (Å²) < 4.78 is 86.0. The van der Waals surface area contributed by atoms with Crippen LogP contribution in [-0.4, -0.2) is 28.4 Å². The Morgan fingerprint density at radius 2 is 1.85 bits per heavy atom. The molecule has 0 bridgehead atoms. The summed E-state index contributed by atoms with van der Waals surface area (Å²) in [6, 6.07) is 7.72. The number of alkyl halides is 6. The van der Waals surface area contributed by atoms with Gasteiger partial charge in [0.15, 0.2) is 5.16 Å². The summed E-state index contributed by atoms with van der Waals surface area (Å²) in [4.78, 5) is 16.3. The van der Waals surface area contributed by atoms with Crippen LogP contribution in [0.25, 0.3) is 11.0 Å². The van der Waals surface area contributed by atoms with E-state index in [0.29, 0.717) is 22.9 Å². The maximum absolute atomic E-state index is 13.6. The molecule has 0 aliphatic carbocycles. The van der Waals surface area contributed by atoms with Crippen molar-refractivity contribution in [1.82, 2.24) is 9.55 Å².